The summed E-state index contributed by atoms with van der Waals surface area (Å²) in [7, 11) is 0. The van der Waals surface area contributed by atoms with E-state index in [2.05, 4.69) is 9.98 Å². The highest BCUT2D eigenvalue weighted by atomic mass is 35.5. The van der Waals surface area contributed by atoms with Crippen molar-refractivity contribution in [2.45, 2.75) is 17.5 Å². The van der Waals surface area contributed by atoms with Crippen molar-refractivity contribution in [3.8, 4) is 0 Å². The van der Waals surface area contributed by atoms with E-state index in [4.69, 9.17) is 11.6 Å². The van der Waals surface area contributed by atoms with E-state index in [-0.39, 0.29) is 5.92 Å². The van der Waals surface area contributed by atoms with Gasteiger partial charge in [-0.1, -0.05) is 48.0 Å². The first kappa shape index (κ1) is 12.8. The fourth-order valence-corrected chi connectivity index (χ4v) is 3.38. The number of rotatable bonds is 3. The van der Waals surface area contributed by atoms with Crippen molar-refractivity contribution >= 4 is 23.8 Å². The van der Waals surface area contributed by atoms with Crippen molar-refractivity contribution in [3.63, 3.8) is 0 Å². The lowest BCUT2D eigenvalue weighted by molar-refractivity contribution is 0.294. The van der Waals surface area contributed by atoms with E-state index in [9.17, 15) is 9.59 Å². The number of isocyanates is 2. The van der Waals surface area contributed by atoms with Crippen LogP contribution in [0, 0.1) is 0 Å². The van der Waals surface area contributed by atoms with Gasteiger partial charge in [0.1, 0.15) is 11.6 Å². The van der Waals surface area contributed by atoms with E-state index >= 15 is 0 Å². The fraction of sp³-hybridized carbons (Fsp3) is 0.200. The minimum Gasteiger partial charge on any atom is -0.211 e. The molecule has 3 atom stereocenters. The number of benzene rings is 1. The monoisotopic (exact) mass is 284 g/mol. The number of nitrogens with zero attached hydrogens (tertiary/aromatic N) is 2. The summed E-state index contributed by atoms with van der Waals surface area (Å²) in [6.45, 7) is 0. The van der Waals surface area contributed by atoms with Crippen molar-refractivity contribution in [2.24, 2.45) is 9.98 Å². The highest BCUT2D eigenvalue weighted by molar-refractivity contribution is 6.31. The lowest BCUT2D eigenvalue weighted by Crippen LogP contribution is -2.59. The van der Waals surface area contributed by atoms with Crippen LogP contribution in [0.4, 0.5) is 0 Å². The van der Waals surface area contributed by atoms with Crippen LogP contribution in [0.2, 0.25) is 0 Å². The van der Waals surface area contributed by atoms with Gasteiger partial charge < -0.3 is 0 Å². The van der Waals surface area contributed by atoms with Crippen molar-refractivity contribution < 1.29 is 9.59 Å². The number of halogens is 1. The van der Waals surface area contributed by atoms with Crippen LogP contribution in [-0.2, 0) is 9.59 Å². The second-order valence-electron chi connectivity index (χ2n) is 4.68. The van der Waals surface area contributed by atoms with E-state index in [1.807, 2.05) is 36.4 Å². The van der Waals surface area contributed by atoms with Crippen molar-refractivity contribution in [3.05, 3.63) is 58.7 Å². The van der Waals surface area contributed by atoms with Gasteiger partial charge in [0.2, 0.25) is 12.2 Å². The molecule has 5 heteroatoms. The molecule has 0 heterocycles. The topological polar surface area (TPSA) is 58.9 Å². The second kappa shape index (κ2) is 4.69. The molecule has 0 aromatic heterocycles. The predicted molar refractivity (Wildman–Crippen MR) is 74.0 cm³/mol. The van der Waals surface area contributed by atoms with Gasteiger partial charge in [-0.25, -0.2) is 9.59 Å². The fourth-order valence-electron chi connectivity index (χ4n) is 3.06. The van der Waals surface area contributed by atoms with Gasteiger partial charge >= 0.3 is 0 Å². The van der Waals surface area contributed by atoms with Crippen molar-refractivity contribution in [1.82, 2.24) is 0 Å². The van der Waals surface area contributed by atoms with E-state index in [0.717, 1.165) is 11.1 Å². The Kier molecular flexibility index (Phi) is 3.00. The molecule has 1 fully saturated rings. The normalized spacial score (nSPS) is 30.1. The number of carbonyl (C=O) groups excluding carboxylic acids is 2. The Labute approximate surface area is 120 Å². The third kappa shape index (κ3) is 1.50. The third-order valence-corrected chi connectivity index (χ3v) is 4.28. The molecule has 0 N–H and O–H groups in total. The molecule has 0 radical (unpaired) electrons. The largest absolute Gasteiger partial charge is 0.236 e. The average molecular weight is 285 g/mol. The smallest absolute Gasteiger partial charge is 0.211 e. The van der Waals surface area contributed by atoms with Gasteiger partial charge in [-0.15, -0.1) is 0 Å². The molecular formula is C15H9ClN2O2. The zero-order valence-electron chi connectivity index (χ0n) is 10.3. The predicted octanol–water partition coefficient (Wildman–Crippen LogP) is 2.63. The second-order valence-corrected chi connectivity index (χ2v) is 5.08. The molecule has 2 bridgehead atoms. The van der Waals surface area contributed by atoms with Gasteiger partial charge in [-0.3, -0.25) is 0 Å². The Balaban J connectivity index is 2.19. The molecule has 98 valence electrons. The van der Waals surface area contributed by atoms with Crippen molar-refractivity contribution in [1.29, 1.82) is 0 Å². The van der Waals surface area contributed by atoms with Crippen molar-refractivity contribution in [2.75, 3.05) is 0 Å². The molecule has 4 nitrogen and oxygen atoms in total. The summed E-state index contributed by atoms with van der Waals surface area (Å²) in [6, 6.07) is 9.01. The molecule has 1 aromatic rings. The van der Waals surface area contributed by atoms with Gasteiger partial charge in [-0.2, -0.15) is 9.98 Å². The molecule has 1 saturated carbocycles. The van der Waals surface area contributed by atoms with E-state index in [0.29, 0.717) is 5.03 Å². The van der Waals surface area contributed by atoms with Crippen LogP contribution in [0.25, 0.3) is 0 Å². The maximum Gasteiger partial charge on any atom is 0.236 e. The van der Waals surface area contributed by atoms with E-state index in [1.165, 1.54) is 6.08 Å². The van der Waals surface area contributed by atoms with Crippen LogP contribution < -0.4 is 0 Å². The molecular weight excluding hydrogens is 276 g/mol. The summed E-state index contributed by atoms with van der Waals surface area (Å²) in [5, 5.41) is 0.383. The zero-order valence-corrected chi connectivity index (χ0v) is 11.0. The number of hydrogen-bond acceptors (Lipinski definition) is 4. The molecule has 2 aliphatic rings. The Morgan fingerprint density at radius 1 is 1.10 bits per heavy atom. The van der Waals surface area contributed by atoms with Crippen LogP contribution >= 0.6 is 11.6 Å². The van der Waals surface area contributed by atoms with Crippen LogP contribution in [0.5, 0.6) is 0 Å². The Hall–Kier alpha value is -2.25. The molecule has 2 aliphatic carbocycles. The number of allylic oxidation sites excluding steroid dienone is 2. The summed E-state index contributed by atoms with van der Waals surface area (Å²) in [5.41, 5.74) is 0.830. The summed E-state index contributed by atoms with van der Waals surface area (Å²) >= 11 is 6.27. The molecule has 1 aromatic carbocycles. The van der Waals surface area contributed by atoms with Gasteiger partial charge in [0.05, 0.1) is 5.03 Å². The van der Waals surface area contributed by atoms with Crippen LogP contribution in [0.1, 0.15) is 11.5 Å². The molecule has 3 unspecified atom stereocenters. The van der Waals surface area contributed by atoms with Gasteiger partial charge in [0.15, 0.2) is 0 Å². The molecule has 0 saturated heterocycles. The molecule has 0 spiro atoms. The van der Waals surface area contributed by atoms with Gasteiger partial charge in [0, 0.05) is 5.92 Å². The number of hydrogen-bond donors (Lipinski definition) is 0. The third-order valence-electron chi connectivity index (χ3n) is 3.86. The van der Waals surface area contributed by atoms with Gasteiger partial charge in [0.25, 0.3) is 0 Å². The SMILES string of the molecule is O=C=NC1C2=CC=C(Cl)C1(N=C=O)C2c1ccccc1. The van der Waals surface area contributed by atoms with E-state index in [1.54, 1.807) is 12.2 Å². The summed E-state index contributed by atoms with van der Waals surface area (Å²) in [6.07, 6.45) is 6.62. The maximum atomic E-state index is 10.8. The van der Waals surface area contributed by atoms with E-state index < -0.39 is 11.6 Å². The first-order chi connectivity index (χ1) is 9.75. The minimum absolute atomic E-state index is 0.190. The lowest BCUT2D eigenvalue weighted by atomic mass is 9.54. The highest BCUT2D eigenvalue weighted by Gasteiger charge is 2.63. The number of fused-ring (bicyclic) bond motifs is 2. The van der Waals surface area contributed by atoms with Gasteiger partial charge in [-0.05, 0) is 17.2 Å². The maximum absolute atomic E-state index is 10.8. The zero-order chi connectivity index (χ0) is 14.2. The van der Waals surface area contributed by atoms with Crippen LogP contribution in [-0.4, -0.2) is 23.7 Å². The Bertz CT molecular complexity index is 713. The standard InChI is InChI=1S/C15H9ClN2O2/c16-12-7-6-11-13(10-4-2-1-3-5-10)15(12,18-9-20)14(11)17-8-19/h1-7,13-14H. The Morgan fingerprint density at radius 2 is 1.85 bits per heavy atom. The first-order valence-corrected chi connectivity index (χ1v) is 6.42. The van der Waals surface area contributed by atoms with Crippen LogP contribution in [0.15, 0.2) is 63.1 Å². The average Bonchev–Trinajstić information content (AvgIpc) is 2.47. The molecule has 0 aliphatic heterocycles. The quantitative estimate of drug-likeness (QED) is 0.633. The van der Waals surface area contributed by atoms with Crippen LogP contribution in [0.3, 0.4) is 0 Å². The summed E-state index contributed by atoms with van der Waals surface area (Å²) in [5.74, 6) is -0.190. The molecule has 20 heavy (non-hydrogen) atoms. The minimum atomic E-state index is -1.05. The summed E-state index contributed by atoms with van der Waals surface area (Å²) < 4.78 is 0. The molecule has 0 amide bonds. The first-order valence-electron chi connectivity index (χ1n) is 6.04. The number of aliphatic imine (C=N–C) groups is 2. The Morgan fingerprint density at radius 3 is 2.50 bits per heavy atom. The highest BCUT2D eigenvalue weighted by Crippen LogP contribution is 2.60. The molecule has 3 rings (SSSR count). The lowest BCUT2D eigenvalue weighted by Gasteiger charge is -2.53. The summed E-state index contributed by atoms with van der Waals surface area (Å²) in [4.78, 5) is 29.1.